The highest BCUT2D eigenvalue weighted by atomic mass is 32.2. The molecule has 164 valence electrons. The van der Waals surface area contributed by atoms with Gasteiger partial charge in [0.25, 0.3) is 5.91 Å². The molecule has 0 spiro atoms. The number of benzene rings is 2. The van der Waals surface area contributed by atoms with Crippen LogP contribution in [0.5, 0.6) is 0 Å². The van der Waals surface area contributed by atoms with Gasteiger partial charge >= 0.3 is 6.18 Å². The molecule has 0 saturated carbocycles. The summed E-state index contributed by atoms with van der Waals surface area (Å²) >= 11 is 1.03. The summed E-state index contributed by atoms with van der Waals surface area (Å²) in [5, 5.41) is 3.03. The first-order chi connectivity index (χ1) is 15.3. The summed E-state index contributed by atoms with van der Waals surface area (Å²) in [5.74, 6) is -0.440. The zero-order valence-corrected chi connectivity index (χ0v) is 17.5. The molecule has 2 aromatic carbocycles. The Balaban J connectivity index is 1.32. The molecule has 3 aromatic rings. The van der Waals surface area contributed by atoms with Crippen LogP contribution in [0.2, 0.25) is 0 Å². The van der Waals surface area contributed by atoms with Gasteiger partial charge in [0.1, 0.15) is 0 Å². The van der Waals surface area contributed by atoms with Crippen LogP contribution in [0, 0.1) is 0 Å². The van der Waals surface area contributed by atoms with E-state index < -0.39 is 11.7 Å². The van der Waals surface area contributed by atoms with Crippen LogP contribution in [0.4, 0.5) is 24.5 Å². The van der Waals surface area contributed by atoms with Gasteiger partial charge in [-0.05, 0) is 54.4 Å². The summed E-state index contributed by atoms with van der Waals surface area (Å²) in [6.07, 6.45) is -2.88. The van der Waals surface area contributed by atoms with Gasteiger partial charge in [-0.2, -0.15) is 13.2 Å². The zero-order chi connectivity index (χ0) is 22.7. The van der Waals surface area contributed by atoms with Crippen molar-refractivity contribution in [2.45, 2.75) is 17.6 Å². The van der Waals surface area contributed by atoms with E-state index in [1.54, 1.807) is 29.2 Å². The third kappa shape index (κ3) is 4.94. The lowest BCUT2D eigenvalue weighted by Crippen LogP contribution is -2.28. The molecule has 2 heterocycles. The highest BCUT2D eigenvalue weighted by molar-refractivity contribution is 7.99. The maximum Gasteiger partial charge on any atom is 0.417 e. The number of fused-ring (bicyclic) bond motifs is 1. The minimum absolute atomic E-state index is 0.0103. The Morgan fingerprint density at radius 3 is 2.47 bits per heavy atom. The number of hydrogen-bond acceptors (Lipinski definition) is 4. The highest BCUT2D eigenvalue weighted by Crippen LogP contribution is 2.30. The molecule has 0 radical (unpaired) electrons. The van der Waals surface area contributed by atoms with E-state index in [0.717, 1.165) is 41.7 Å². The molecule has 0 atom stereocenters. The van der Waals surface area contributed by atoms with E-state index in [4.69, 9.17) is 0 Å². The van der Waals surface area contributed by atoms with Crippen molar-refractivity contribution in [2.75, 3.05) is 22.5 Å². The lowest BCUT2D eigenvalue weighted by molar-refractivity contribution is -0.137. The van der Waals surface area contributed by atoms with Crippen LogP contribution in [0.15, 0.2) is 71.9 Å². The van der Waals surface area contributed by atoms with Crippen molar-refractivity contribution >= 4 is 35.0 Å². The summed E-state index contributed by atoms with van der Waals surface area (Å²) < 4.78 is 37.7. The van der Waals surface area contributed by atoms with Gasteiger partial charge in [-0.25, -0.2) is 4.98 Å². The Morgan fingerprint density at radius 1 is 1.03 bits per heavy atom. The predicted octanol–water partition coefficient (Wildman–Crippen LogP) is 5.03. The largest absolute Gasteiger partial charge is 0.417 e. The molecule has 0 fully saturated rings. The fraction of sp³-hybridized carbons (Fsp3) is 0.174. The number of pyridine rings is 1. The second-order valence-electron chi connectivity index (χ2n) is 7.13. The van der Waals surface area contributed by atoms with Crippen LogP contribution in [0.1, 0.15) is 21.5 Å². The number of thioether (sulfide) groups is 1. The van der Waals surface area contributed by atoms with Crippen molar-refractivity contribution in [3.8, 4) is 0 Å². The maximum absolute atomic E-state index is 12.8. The fourth-order valence-electron chi connectivity index (χ4n) is 3.37. The lowest BCUT2D eigenvalue weighted by Gasteiger charge is -2.17. The van der Waals surface area contributed by atoms with Crippen molar-refractivity contribution < 1.29 is 22.8 Å². The third-order valence-corrected chi connectivity index (χ3v) is 5.91. The monoisotopic (exact) mass is 457 g/mol. The quantitative estimate of drug-likeness (QED) is 0.546. The topological polar surface area (TPSA) is 62.3 Å². The molecule has 0 aliphatic carbocycles. The van der Waals surface area contributed by atoms with Gasteiger partial charge in [0.2, 0.25) is 5.91 Å². The van der Waals surface area contributed by atoms with E-state index in [1.165, 1.54) is 6.07 Å². The van der Waals surface area contributed by atoms with Gasteiger partial charge in [-0.3, -0.25) is 9.59 Å². The van der Waals surface area contributed by atoms with Gasteiger partial charge in [0, 0.05) is 29.7 Å². The first-order valence-electron chi connectivity index (χ1n) is 9.77. The van der Waals surface area contributed by atoms with Crippen molar-refractivity contribution in [1.29, 1.82) is 0 Å². The highest BCUT2D eigenvalue weighted by Gasteiger charge is 2.30. The smallest absolute Gasteiger partial charge is 0.325 e. The number of alkyl halides is 3. The summed E-state index contributed by atoms with van der Waals surface area (Å²) in [5.41, 5.74) is 2.27. The summed E-state index contributed by atoms with van der Waals surface area (Å²) in [6, 6.07) is 16.6. The molecular weight excluding hydrogens is 439 g/mol. The van der Waals surface area contributed by atoms with Crippen molar-refractivity contribution in [1.82, 2.24) is 4.98 Å². The molecule has 1 aliphatic rings. The second-order valence-corrected chi connectivity index (χ2v) is 8.13. The fourth-order valence-corrected chi connectivity index (χ4v) is 4.01. The van der Waals surface area contributed by atoms with E-state index in [9.17, 15) is 22.8 Å². The number of rotatable bonds is 5. The third-order valence-electron chi connectivity index (χ3n) is 4.96. The van der Waals surface area contributed by atoms with Crippen molar-refractivity contribution in [3.05, 3.63) is 83.6 Å². The molecule has 1 aliphatic heterocycles. The molecule has 2 amide bonds. The molecule has 1 N–H and O–H groups in total. The number of nitrogens with one attached hydrogen (secondary N) is 1. The Hall–Kier alpha value is -3.33. The first-order valence-corrected chi connectivity index (χ1v) is 10.8. The Kier molecular flexibility index (Phi) is 6.18. The van der Waals surface area contributed by atoms with Gasteiger partial charge in [-0.1, -0.05) is 30.0 Å². The van der Waals surface area contributed by atoms with Crippen LogP contribution in [0.25, 0.3) is 0 Å². The van der Waals surface area contributed by atoms with Crippen LogP contribution < -0.4 is 10.2 Å². The van der Waals surface area contributed by atoms with Crippen molar-refractivity contribution in [3.63, 3.8) is 0 Å². The Bertz CT molecular complexity index is 1130. The summed E-state index contributed by atoms with van der Waals surface area (Å²) in [4.78, 5) is 30.5. The number of halogens is 3. The molecule has 1 aromatic heterocycles. The van der Waals surface area contributed by atoms with E-state index in [1.807, 2.05) is 24.3 Å². The second kappa shape index (κ2) is 9.04. The minimum atomic E-state index is -4.45. The van der Waals surface area contributed by atoms with Gasteiger partial charge in [-0.15, -0.1) is 0 Å². The maximum atomic E-state index is 12.8. The number of carbonyl (C=O) groups is 2. The minimum Gasteiger partial charge on any atom is -0.325 e. The molecule has 5 nitrogen and oxygen atoms in total. The van der Waals surface area contributed by atoms with Gasteiger partial charge < -0.3 is 10.2 Å². The number of amides is 2. The van der Waals surface area contributed by atoms with Gasteiger partial charge in [0.15, 0.2) is 0 Å². The van der Waals surface area contributed by atoms with Gasteiger partial charge in [0.05, 0.1) is 16.3 Å². The number of carbonyl (C=O) groups excluding carboxylic acids is 2. The number of aromatic nitrogens is 1. The zero-order valence-electron chi connectivity index (χ0n) is 16.7. The summed E-state index contributed by atoms with van der Waals surface area (Å²) in [6.45, 7) is 0.631. The van der Waals surface area contributed by atoms with E-state index >= 15 is 0 Å². The van der Waals surface area contributed by atoms with E-state index in [0.29, 0.717) is 22.8 Å². The molecule has 4 rings (SSSR count). The van der Waals surface area contributed by atoms with Crippen LogP contribution in [-0.2, 0) is 17.4 Å². The number of para-hydroxylation sites is 1. The Labute approximate surface area is 186 Å². The molecule has 0 bridgehead atoms. The molecule has 32 heavy (non-hydrogen) atoms. The SMILES string of the molecule is O=C(CSc1ccc(C(F)(F)F)cn1)Nc1ccc(C(=O)N2CCc3ccccc32)cc1. The molecule has 9 heteroatoms. The number of hydrogen-bond donors (Lipinski definition) is 1. The first kappa shape index (κ1) is 21.9. The van der Waals surface area contributed by atoms with Crippen LogP contribution >= 0.6 is 11.8 Å². The number of nitrogens with zero attached hydrogens (tertiary/aromatic N) is 2. The van der Waals surface area contributed by atoms with Crippen molar-refractivity contribution in [2.24, 2.45) is 0 Å². The Morgan fingerprint density at radius 2 is 1.78 bits per heavy atom. The number of anilines is 2. The van der Waals surface area contributed by atoms with Crippen LogP contribution in [-0.4, -0.2) is 29.1 Å². The average molecular weight is 457 g/mol. The normalized spacial score (nSPS) is 13.0. The molecular formula is C23H18F3N3O2S. The van der Waals surface area contributed by atoms with Crippen LogP contribution in [0.3, 0.4) is 0 Å². The van der Waals surface area contributed by atoms with E-state index in [2.05, 4.69) is 10.3 Å². The van der Waals surface area contributed by atoms with E-state index in [-0.39, 0.29) is 17.6 Å². The lowest BCUT2D eigenvalue weighted by atomic mass is 10.1. The predicted molar refractivity (Wildman–Crippen MR) is 117 cm³/mol. The molecule has 0 unspecified atom stereocenters. The standard InChI is InChI=1S/C23H18F3N3O2S/c24-23(25,26)17-7-10-21(27-13-17)32-14-20(30)28-18-8-5-16(6-9-18)22(31)29-12-11-15-3-1-2-4-19(15)29/h1-10,13H,11-12,14H2,(H,28,30). The summed E-state index contributed by atoms with van der Waals surface area (Å²) in [7, 11) is 0. The molecule has 0 saturated heterocycles. The average Bonchev–Trinajstić information content (AvgIpc) is 3.22.